The Labute approximate surface area is 183 Å². The molecule has 31 heavy (non-hydrogen) atoms. The summed E-state index contributed by atoms with van der Waals surface area (Å²) >= 11 is 0. The van der Waals surface area contributed by atoms with Crippen molar-refractivity contribution in [1.29, 1.82) is 0 Å². The van der Waals surface area contributed by atoms with E-state index in [1.165, 1.54) is 25.7 Å². The van der Waals surface area contributed by atoms with E-state index >= 15 is 0 Å². The number of carbonyl (C=O) groups excluding carboxylic acids is 2. The van der Waals surface area contributed by atoms with Crippen molar-refractivity contribution in [2.45, 2.75) is 44.6 Å². The highest BCUT2D eigenvalue weighted by molar-refractivity contribution is 5.79. The van der Waals surface area contributed by atoms with Crippen molar-refractivity contribution < 1.29 is 14.3 Å². The number of hydrogen-bond donors (Lipinski definition) is 2. The van der Waals surface area contributed by atoms with Crippen molar-refractivity contribution in [3.63, 3.8) is 0 Å². The van der Waals surface area contributed by atoms with E-state index < -0.39 is 12.1 Å². The molecule has 164 valence electrons. The van der Waals surface area contributed by atoms with Crippen molar-refractivity contribution in [3.05, 3.63) is 60.2 Å². The molecule has 3 atom stereocenters. The van der Waals surface area contributed by atoms with Crippen LogP contribution in [0.2, 0.25) is 0 Å². The monoisotopic (exact) mass is 421 g/mol. The number of ether oxygens (including phenoxy) is 1. The molecule has 0 spiro atoms. The number of likely N-dealkylation sites (tertiary alicyclic amines) is 1. The zero-order valence-corrected chi connectivity index (χ0v) is 17.8. The molecular formula is C25H31N3O3. The molecule has 1 saturated heterocycles. The second-order valence-electron chi connectivity index (χ2n) is 8.69. The molecular weight excluding hydrogens is 390 g/mol. The zero-order chi connectivity index (χ0) is 21.6. The van der Waals surface area contributed by atoms with Gasteiger partial charge in [-0.2, -0.15) is 0 Å². The van der Waals surface area contributed by atoms with Gasteiger partial charge >= 0.3 is 6.03 Å². The molecule has 2 fully saturated rings. The fraction of sp³-hybridized carbons (Fsp3) is 0.440. The summed E-state index contributed by atoms with van der Waals surface area (Å²) in [4.78, 5) is 26.8. The van der Waals surface area contributed by atoms with Crippen molar-refractivity contribution in [1.82, 2.24) is 10.2 Å². The molecule has 4 rings (SSSR count). The Morgan fingerprint density at radius 2 is 1.74 bits per heavy atom. The van der Waals surface area contributed by atoms with Crippen LogP contribution in [-0.2, 0) is 4.79 Å². The first kappa shape index (κ1) is 21.2. The van der Waals surface area contributed by atoms with Crippen molar-refractivity contribution >= 4 is 11.9 Å². The van der Waals surface area contributed by atoms with Gasteiger partial charge in [0.1, 0.15) is 11.5 Å². The molecule has 6 nitrogen and oxygen atoms in total. The maximum Gasteiger partial charge on any atom is 0.312 e. The lowest BCUT2D eigenvalue weighted by atomic mass is 9.75. The number of benzene rings is 2. The smallest absolute Gasteiger partial charge is 0.312 e. The minimum Gasteiger partial charge on any atom is -0.457 e. The van der Waals surface area contributed by atoms with Crippen molar-refractivity contribution in [2.24, 2.45) is 17.6 Å². The Balaban J connectivity index is 1.45. The summed E-state index contributed by atoms with van der Waals surface area (Å²) in [6.45, 7) is 1.64. The molecule has 0 radical (unpaired) electrons. The summed E-state index contributed by atoms with van der Waals surface area (Å²) in [5.74, 6) is 2.83. The number of rotatable bonds is 6. The average molecular weight is 422 g/mol. The standard InChI is InChI=1S/C25H31N3O3/c26-25(30)27-23(16-24(29)28-14-13-18-7-4-5-8-20(18)17-28)19-9-6-12-22(15-19)31-21-10-2-1-3-11-21/h1-3,6,9-12,15,18,20,23H,4-5,7-8,13-14,16-17H2,(H3,26,27,30)/t18-,20-,23+/m1/s1. The molecule has 3 N–H and O–H groups in total. The van der Waals surface area contributed by atoms with E-state index in [4.69, 9.17) is 10.5 Å². The van der Waals surface area contributed by atoms with E-state index in [9.17, 15) is 9.59 Å². The highest BCUT2D eigenvalue weighted by atomic mass is 16.5. The summed E-state index contributed by atoms with van der Waals surface area (Å²) in [5.41, 5.74) is 6.23. The zero-order valence-electron chi connectivity index (χ0n) is 17.8. The summed E-state index contributed by atoms with van der Waals surface area (Å²) in [6.07, 6.45) is 6.38. The van der Waals surface area contributed by atoms with Crippen LogP contribution in [0.3, 0.4) is 0 Å². The highest BCUT2D eigenvalue weighted by Crippen LogP contribution is 2.36. The molecule has 0 bridgehead atoms. The number of nitrogens with one attached hydrogen (secondary N) is 1. The number of para-hydroxylation sites is 1. The molecule has 2 aliphatic rings. The number of nitrogens with zero attached hydrogens (tertiary/aromatic N) is 1. The van der Waals surface area contributed by atoms with Gasteiger partial charge in [-0.05, 0) is 54.5 Å². The second-order valence-corrected chi connectivity index (χ2v) is 8.69. The molecule has 6 heteroatoms. The van der Waals surface area contributed by atoms with Crippen LogP contribution < -0.4 is 15.8 Å². The van der Waals surface area contributed by atoms with Gasteiger partial charge in [0.05, 0.1) is 12.5 Å². The lowest BCUT2D eigenvalue weighted by molar-refractivity contribution is -0.134. The largest absolute Gasteiger partial charge is 0.457 e. The van der Waals surface area contributed by atoms with E-state index in [1.54, 1.807) is 0 Å². The third kappa shape index (κ3) is 5.57. The SMILES string of the molecule is NC(=O)N[C@@H](CC(=O)N1CC[C@H]2CCCC[C@@H]2C1)c1cccc(Oc2ccccc2)c1. The lowest BCUT2D eigenvalue weighted by Crippen LogP contribution is -2.46. The third-order valence-corrected chi connectivity index (χ3v) is 6.58. The number of nitrogens with two attached hydrogens (primary N) is 1. The van der Waals surface area contributed by atoms with Gasteiger partial charge in [-0.3, -0.25) is 4.79 Å². The number of urea groups is 1. The Morgan fingerprint density at radius 1 is 1.00 bits per heavy atom. The van der Waals surface area contributed by atoms with Crippen LogP contribution in [0.25, 0.3) is 0 Å². The predicted octanol–water partition coefficient (Wildman–Crippen LogP) is 4.62. The van der Waals surface area contributed by atoms with Crippen molar-refractivity contribution in [3.8, 4) is 11.5 Å². The molecule has 1 aliphatic heterocycles. The predicted molar refractivity (Wildman–Crippen MR) is 120 cm³/mol. The number of hydrogen-bond acceptors (Lipinski definition) is 3. The second kappa shape index (κ2) is 9.86. The number of piperidine rings is 1. The van der Waals surface area contributed by atoms with E-state index in [0.29, 0.717) is 11.7 Å². The van der Waals surface area contributed by atoms with E-state index in [0.717, 1.165) is 36.7 Å². The molecule has 0 aromatic heterocycles. The maximum atomic E-state index is 13.1. The van der Waals surface area contributed by atoms with Gasteiger partial charge in [0.2, 0.25) is 5.91 Å². The Kier molecular flexibility index (Phi) is 6.75. The number of fused-ring (bicyclic) bond motifs is 1. The third-order valence-electron chi connectivity index (χ3n) is 6.58. The summed E-state index contributed by atoms with van der Waals surface area (Å²) in [5, 5.41) is 2.75. The van der Waals surface area contributed by atoms with Crippen LogP contribution >= 0.6 is 0 Å². The van der Waals surface area contributed by atoms with E-state index in [-0.39, 0.29) is 12.3 Å². The molecule has 2 aromatic rings. The molecule has 1 aliphatic carbocycles. The van der Waals surface area contributed by atoms with Gasteiger partial charge in [-0.25, -0.2) is 4.79 Å². The van der Waals surface area contributed by atoms with Gasteiger partial charge < -0.3 is 20.7 Å². The minimum absolute atomic E-state index is 0.0668. The van der Waals surface area contributed by atoms with E-state index in [2.05, 4.69) is 5.32 Å². The number of carbonyl (C=O) groups is 2. The van der Waals surface area contributed by atoms with Gasteiger partial charge in [-0.15, -0.1) is 0 Å². The van der Waals surface area contributed by atoms with Gasteiger partial charge in [0, 0.05) is 13.1 Å². The van der Waals surface area contributed by atoms with Crippen molar-refractivity contribution in [2.75, 3.05) is 13.1 Å². The average Bonchev–Trinajstić information content (AvgIpc) is 2.79. The highest BCUT2D eigenvalue weighted by Gasteiger charge is 2.33. The quantitative estimate of drug-likeness (QED) is 0.714. The molecule has 1 saturated carbocycles. The fourth-order valence-corrected chi connectivity index (χ4v) is 4.97. The Hall–Kier alpha value is -3.02. The van der Waals surface area contributed by atoms with Crippen LogP contribution in [0.1, 0.15) is 50.1 Å². The van der Waals surface area contributed by atoms with Crippen LogP contribution in [0.5, 0.6) is 11.5 Å². The van der Waals surface area contributed by atoms with Crippen LogP contribution in [-0.4, -0.2) is 29.9 Å². The number of amides is 3. The van der Waals surface area contributed by atoms with Gasteiger partial charge in [-0.1, -0.05) is 49.6 Å². The first-order valence-corrected chi connectivity index (χ1v) is 11.2. The Bertz CT molecular complexity index is 902. The van der Waals surface area contributed by atoms with Crippen LogP contribution in [0.4, 0.5) is 4.79 Å². The van der Waals surface area contributed by atoms with Gasteiger partial charge in [0.25, 0.3) is 0 Å². The summed E-state index contributed by atoms with van der Waals surface area (Å²) in [6, 6.07) is 15.8. The van der Waals surface area contributed by atoms with Gasteiger partial charge in [0.15, 0.2) is 0 Å². The first-order chi connectivity index (χ1) is 15.1. The molecule has 0 unspecified atom stereocenters. The Morgan fingerprint density at radius 3 is 2.52 bits per heavy atom. The molecule has 1 heterocycles. The van der Waals surface area contributed by atoms with Crippen LogP contribution in [0.15, 0.2) is 54.6 Å². The lowest BCUT2D eigenvalue weighted by Gasteiger charge is -2.41. The number of primary amides is 1. The topological polar surface area (TPSA) is 84.7 Å². The maximum absolute atomic E-state index is 13.1. The summed E-state index contributed by atoms with van der Waals surface area (Å²) in [7, 11) is 0. The molecule has 2 aromatic carbocycles. The molecule has 3 amide bonds. The summed E-state index contributed by atoms with van der Waals surface area (Å²) < 4.78 is 5.92. The van der Waals surface area contributed by atoms with Crippen LogP contribution in [0, 0.1) is 11.8 Å². The fourth-order valence-electron chi connectivity index (χ4n) is 4.97. The van der Waals surface area contributed by atoms with E-state index in [1.807, 2.05) is 59.5 Å². The normalized spacial score (nSPS) is 21.6. The first-order valence-electron chi connectivity index (χ1n) is 11.2. The minimum atomic E-state index is -0.641.